The van der Waals surface area contributed by atoms with Crippen LogP contribution >= 0.6 is 0 Å². The maximum absolute atomic E-state index is 12.2. The maximum Gasteiger partial charge on any atom is 0.409 e. The monoisotopic (exact) mass is 407 g/mol. The molecule has 1 N–H and O–H groups in total. The van der Waals surface area contributed by atoms with Gasteiger partial charge < -0.3 is 24.4 Å². The molecular formula is C21H33N3O5. The van der Waals surface area contributed by atoms with E-state index in [1.807, 2.05) is 32.0 Å². The number of rotatable bonds is 9. The lowest BCUT2D eigenvalue weighted by molar-refractivity contribution is -0.122. The molecule has 1 aromatic rings. The standard InChI is InChI=1S/C21H33N3O5/c1-16(2)15-29-21(26)24-11-9-23(10-12-24)14-20(25)22-8-7-17-5-6-18(27-3)19(13-17)28-4/h5-6,13,16H,7-12,14-15H2,1-4H3,(H,22,25). The van der Waals surface area contributed by atoms with E-state index >= 15 is 0 Å². The zero-order valence-corrected chi connectivity index (χ0v) is 17.9. The van der Waals surface area contributed by atoms with Crippen molar-refractivity contribution in [1.82, 2.24) is 15.1 Å². The lowest BCUT2D eigenvalue weighted by Gasteiger charge is -2.33. The number of benzene rings is 1. The number of nitrogens with one attached hydrogen (secondary N) is 1. The highest BCUT2D eigenvalue weighted by atomic mass is 16.6. The molecule has 1 fully saturated rings. The van der Waals surface area contributed by atoms with Crippen LogP contribution in [0, 0.1) is 5.92 Å². The van der Waals surface area contributed by atoms with Gasteiger partial charge in [0.2, 0.25) is 5.91 Å². The Labute approximate surface area is 173 Å². The maximum atomic E-state index is 12.2. The molecule has 1 aliphatic heterocycles. The highest BCUT2D eigenvalue weighted by Crippen LogP contribution is 2.27. The van der Waals surface area contributed by atoms with Gasteiger partial charge in [-0.3, -0.25) is 9.69 Å². The highest BCUT2D eigenvalue weighted by molar-refractivity contribution is 5.78. The number of nitrogens with zero attached hydrogens (tertiary/aromatic N) is 2. The van der Waals surface area contributed by atoms with E-state index in [1.54, 1.807) is 19.1 Å². The normalized spacial score (nSPS) is 14.6. The zero-order valence-electron chi connectivity index (χ0n) is 17.9. The molecule has 0 bridgehead atoms. The molecule has 29 heavy (non-hydrogen) atoms. The van der Waals surface area contributed by atoms with Crippen molar-refractivity contribution in [2.24, 2.45) is 5.92 Å². The average molecular weight is 408 g/mol. The van der Waals surface area contributed by atoms with Gasteiger partial charge in [-0.2, -0.15) is 0 Å². The Morgan fingerprint density at radius 2 is 1.76 bits per heavy atom. The minimum Gasteiger partial charge on any atom is -0.493 e. The van der Waals surface area contributed by atoms with E-state index in [4.69, 9.17) is 14.2 Å². The summed E-state index contributed by atoms with van der Waals surface area (Å²) in [6.45, 7) is 7.83. The van der Waals surface area contributed by atoms with Crippen LogP contribution in [0.15, 0.2) is 18.2 Å². The third-order valence-corrected chi connectivity index (χ3v) is 4.72. The average Bonchev–Trinajstić information content (AvgIpc) is 2.72. The van der Waals surface area contributed by atoms with Gasteiger partial charge in [-0.05, 0) is 30.0 Å². The van der Waals surface area contributed by atoms with Gasteiger partial charge in [-0.15, -0.1) is 0 Å². The van der Waals surface area contributed by atoms with Crippen molar-refractivity contribution in [3.05, 3.63) is 23.8 Å². The van der Waals surface area contributed by atoms with E-state index in [0.29, 0.717) is 69.7 Å². The minimum atomic E-state index is -0.266. The number of methoxy groups -OCH3 is 2. The Morgan fingerprint density at radius 3 is 2.38 bits per heavy atom. The molecule has 2 rings (SSSR count). The second kappa shape index (κ2) is 11.5. The Kier molecular flexibility index (Phi) is 9.05. The summed E-state index contributed by atoms with van der Waals surface area (Å²) in [6, 6.07) is 5.75. The molecule has 0 spiro atoms. The van der Waals surface area contributed by atoms with Crippen molar-refractivity contribution in [2.75, 3.05) is 60.1 Å². The molecule has 2 amide bonds. The van der Waals surface area contributed by atoms with Crippen LogP contribution in [-0.2, 0) is 16.0 Å². The second-order valence-electron chi connectivity index (χ2n) is 7.52. The summed E-state index contributed by atoms with van der Waals surface area (Å²) in [6.07, 6.45) is 0.444. The molecule has 0 aliphatic carbocycles. The summed E-state index contributed by atoms with van der Waals surface area (Å²) in [7, 11) is 3.21. The first kappa shape index (κ1) is 22.8. The van der Waals surface area contributed by atoms with E-state index in [-0.39, 0.29) is 12.0 Å². The van der Waals surface area contributed by atoms with Crippen LogP contribution in [0.1, 0.15) is 19.4 Å². The molecule has 1 aliphatic rings. The highest BCUT2D eigenvalue weighted by Gasteiger charge is 2.23. The van der Waals surface area contributed by atoms with Crippen LogP contribution in [0.5, 0.6) is 11.5 Å². The second-order valence-corrected chi connectivity index (χ2v) is 7.52. The van der Waals surface area contributed by atoms with Gasteiger partial charge in [-0.1, -0.05) is 19.9 Å². The van der Waals surface area contributed by atoms with Crippen molar-refractivity contribution in [3.63, 3.8) is 0 Å². The number of ether oxygens (including phenoxy) is 3. The molecule has 0 unspecified atom stereocenters. The first-order valence-electron chi connectivity index (χ1n) is 10.0. The van der Waals surface area contributed by atoms with E-state index in [2.05, 4.69) is 10.2 Å². The number of carbonyl (C=O) groups excluding carboxylic acids is 2. The van der Waals surface area contributed by atoms with Crippen LogP contribution in [0.4, 0.5) is 4.79 Å². The molecule has 8 heteroatoms. The fourth-order valence-electron chi connectivity index (χ4n) is 3.06. The van der Waals surface area contributed by atoms with Gasteiger partial charge in [0.25, 0.3) is 0 Å². The largest absolute Gasteiger partial charge is 0.493 e. The Morgan fingerprint density at radius 1 is 1.07 bits per heavy atom. The fourth-order valence-corrected chi connectivity index (χ4v) is 3.06. The minimum absolute atomic E-state index is 0.0127. The lowest BCUT2D eigenvalue weighted by atomic mass is 10.1. The first-order valence-corrected chi connectivity index (χ1v) is 10.0. The molecule has 0 aromatic heterocycles. The first-order chi connectivity index (χ1) is 13.9. The SMILES string of the molecule is COc1ccc(CCNC(=O)CN2CCN(C(=O)OCC(C)C)CC2)cc1OC. The Hall–Kier alpha value is -2.48. The summed E-state index contributed by atoms with van der Waals surface area (Å²) in [5.41, 5.74) is 1.07. The molecule has 162 valence electrons. The van der Waals surface area contributed by atoms with Crippen molar-refractivity contribution in [1.29, 1.82) is 0 Å². The van der Waals surface area contributed by atoms with Crippen molar-refractivity contribution < 1.29 is 23.8 Å². The van der Waals surface area contributed by atoms with Crippen LogP contribution in [0.2, 0.25) is 0 Å². The summed E-state index contributed by atoms with van der Waals surface area (Å²) < 4.78 is 15.8. The number of amides is 2. The molecule has 1 heterocycles. The molecular weight excluding hydrogens is 374 g/mol. The van der Waals surface area contributed by atoms with Gasteiger partial charge >= 0.3 is 6.09 Å². The van der Waals surface area contributed by atoms with Gasteiger partial charge in [0, 0.05) is 32.7 Å². The molecule has 0 saturated carbocycles. The number of piperazine rings is 1. The van der Waals surface area contributed by atoms with Crippen LogP contribution in [0.25, 0.3) is 0 Å². The van der Waals surface area contributed by atoms with E-state index in [9.17, 15) is 9.59 Å². The number of hydrogen-bond acceptors (Lipinski definition) is 6. The van der Waals surface area contributed by atoms with Crippen LogP contribution in [0.3, 0.4) is 0 Å². The molecule has 0 atom stereocenters. The molecule has 0 radical (unpaired) electrons. The summed E-state index contributed by atoms with van der Waals surface area (Å²) >= 11 is 0. The third kappa shape index (κ3) is 7.45. The van der Waals surface area contributed by atoms with Gasteiger partial charge in [0.05, 0.1) is 27.4 Å². The van der Waals surface area contributed by atoms with Gasteiger partial charge in [0.1, 0.15) is 0 Å². The predicted molar refractivity (Wildman–Crippen MR) is 110 cm³/mol. The van der Waals surface area contributed by atoms with E-state index in [1.165, 1.54) is 0 Å². The molecule has 1 saturated heterocycles. The topological polar surface area (TPSA) is 80.3 Å². The van der Waals surface area contributed by atoms with Gasteiger partial charge in [0.15, 0.2) is 11.5 Å². The Balaban J connectivity index is 1.67. The summed E-state index contributed by atoms with van der Waals surface area (Å²) in [5, 5.41) is 2.95. The predicted octanol–water partition coefficient (Wildman–Crippen LogP) is 1.77. The summed E-state index contributed by atoms with van der Waals surface area (Å²) in [4.78, 5) is 28.0. The van der Waals surface area contributed by atoms with Crippen LogP contribution < -0.4 is 14.8 Å². The van der Waals surface area contributed by atoms with Crippen molar-refractivity contribution >= 4 is 12.0 Å². The van der Waals surface area contributed by atoms with Crippen LogP contribution in [-0.4, -0.2) is 81.9 Å². The van der Waals surface area contributed by atoms with Crippen molar-refractivity contribution in [2.45, 2.75) is 20.3 Å². The number of carbonyl (C=O) groups is 2. The third-order valence-electron chi connectivity index (χ3n) is 4.72. The zero-order chi connectivity index (χ0) is 21.2. The van der Waals surface area contributed by atoms with E-state index < -0.39 is 0 Å². The Bertz CT molecular complexity index is 672. The molecule has 8 nitrogen and oxygen atoms in total. The summed E-state index contributed by atoms with van der Waals surface area (Å²) in [5.74, 6) is 1.68. The fraction of sp³-hybridized carbons (Fsp3) is 0.619. The smallest absolute Gasteiger partial charge is 0.409 e. The quantitative estimate of drug-likeness (QED) is 0.672. The molecule has 1 aromatic carbocycles. The van der Waals surface area contributed by atoms with E-state index in [0.717, 1.165) is 5.56 Å². The van der Waals surface area contributed by atoms with Gasteiger partial charge in [-0.25, -0.2) is 4.79 Å². The lowest BCUT2D eigenvalue weighted by Crippen LogP contribution is -2.51. The number of hydrogen-bond donors (Lipinski definition) is 1. The van der Waals surface area contributed by atoms with Crippen molar-refractivity contribution in [3.8, 4) is 11.5 Å².